The highest BCUT2D eigenvalue weighted by molar-refractivity contribution is 6.71. The van der Waals surface area contributed by atoms with E-state index >= 15 is 0 Å². The van der Waals surface area contributed by atoms with Gasteiger partial charge >= 0.3 is 0 Å². The van der Waals surface area contributed by atoms with Crippen molar-refractivity contribution in [2.45, 2.75) is 70.1 Å². The summed E-state index contributed by atoms with van der Waals surface area (Å²) >= 11 is 0. The average molecular weight is 396 g/mol. The normalized spacial score (nSPS) is 26.8. The van der Waals surface area contributed by atoms with E-state index in [0.29, 0.717) is 12.1 Å². The number of nitrogens with one attached hydrogen (secondary N) is 1. The molecule has 0 unspecified atom stereocenters. The summed E-state index contributed by atoms with van der Waals surface area (Å²) < 4.78 is 6.21. The Morgan fingerprint density at radius 2 is 1.85 bits per heavy atom. The quantitative estimate of drug-likeness (QED) is 0.506. The van der Waals surface area contributed by atoms with Crippen molar-refractivity contribution in [1.82, 2.24) is 0 Å². The number of hydrogen-bond acceptors (Lipinski definition) is 5. The van der Waals surface area contributed by atoms with Crippen molar-refractivity contribution >= 4 is 19.9 Å². The Morgan fingerprint density at radius 3 is 2.37 bits per heavy atom. The van der Waals surface area contributed by atoms with Gasteiger partial charge in [-0.2, -0.15) is 0 Å². The van der Waals surface area contributed by atoms with Gasteiger partial charge in [-0.3, -0.25) is 4.79 Å². The van der Waals surface area contributed by atoms with Crippen LogP contribution < -0.4 is 5.32 Å². The van der Waals surface area contributed by atoms with E-state index in [9.17, 15) is 19.8 Å². The van der Waals surface area contributed by atoms with E-state index in [-0.39, 0.29) is 30.3 Å². The third-order valence-corrected chi connectivity index (χ3v) is 7.98. The zero-order valence-corrected chi connectivity index (χ0v) is 17.7. The van der Waals surface area contributed by atoms with Crippen LogP contribution in [0.5, 0.6) is 0 Å². The van der Waals surface area contributed by atoms with E-state index < -0.39 is 20.3 Å². The number of carbonyl (C=O) groups is 1. The lowest BCUT2D eigenvalue weighted by Gasteiger charge is -2.30. The minimum atomic E-state index is -2.37. The largest absolute Gasteiger partial charge is 0.432 e. The van der Waals surface area contributed by atoms with Crippen LogP contribution in [0.3, 0.4) is 0 Å². The van der Waals surface area contributed by atoms with Gasteiger partial charge in [-0.15, -0.1) is 0 Å². The first kappa shape index (κ1) is 22.0. The number of aliphatic hydroxyl groups is 2. The maximum Gasteiger partial charge on any atom is 0.252 e. The van der Waals surface area contributed by atoms with Crippen molar-refractivity contribution < 1.29 is 24.5 Å². The third kappa shape index (κ3) is 5.86. The average Bonchev–Trinajstić information content (AvgIpc) is 2.90. The summed E-state index contributed by atoms with van der Waals surface area (Å²) in [7, 11) is -2.37. The number of amides is 1. The molecule has 152 valence electrons. The van der Waals surface area contributed by atoms with Gasteiger partial charge in [-0.05, 0) is 62.9 Å². The Labute approximate surface area is 162 Å². The van der Waals surface area contributed by atoms with Gasteiger partial charge in [-0.25, -0.2) is 0 Å². The van der Waals surface area contributed by atoms with E-state index in [1.807, 2.05) is 37.4 Å². The van der Waals surface area contributed by atoms with E-state index in [0.717, 1.165) is 18.4 Å². The Kier molecular flexibility index (Phi) is 7.59. The molecule has 1 aliphatic heterocycles. The van der Waals surface area contributed by atoms with Gasteiger partial charge in [0.05, 0.1) is 12.2 Å². The van der Waals surface area contributed by atoms with E-state index in [1.165, 1.54) is 6.92 Å². The van der Waals surface area contributed by atoms with Crippen molar-refractivity contribution in [3.63, 3.8) is 0 Å². The molecule has 0 saturated carbocycles. The number of benzene rings is 1. The molecule has 2 rings (SSSR count). The SMILES string of the molecule is C[C@@H]1[C@@H]([Si](C)(C)O)[C@H](CCO)O[C@@H]1CCc1ccc(NC(=O)[C@H](C)O)cc1. The molecule has 0 aliphatic carbocycles. The van der Waals surface area contributed by atoms with Crippen LogP contribution in [0, 0.1) is 5.92 Å². The monoisotopic (exact) mass is 395 g/mol. The smallest absolute Gasteiger partial charge is 0.252 e. The van der Waals surface area contributed by atoms with Crippen molar-refractivity contribution in [2.75, 3.05) is 11.9 Å². The molecule has 1 aromatic rings. The summed E-state index contributed by atoms with van der Waals surface area (Å²) in [6, 6.07) is 7.58. The Balaban J connectivity index is 1.95. The number of hydrogen-bond donors (Lipinski definition) is 4. The molecule has 5 atom stereocenters. The molecule has 0 radical (unpaired) electrons. The van der Waals surface area contributed by atoms with E-state index in [2.05, 4.69) is 12.2 Å². The summed E-state index contributed by atoms with van der Waals surface area (Å²) in [6.07, 6.45) is 1.22. The molecule has 27 heavy (non-hydrogen) atoms. The minimum Gasteiger partial charge on any atom is -0.432 e. The molecule has 4 N–H and O–H groups in total. The molecular formula is C20H33NO5Si. The van der Waals surface area contributed by atoms with Crippen LogP contribution in [-0.4, -0.2) is 54.2 Å². The molecule has 6 nitrogen and oxygen atoms in total. The van der Waals surface area contributed by atoms with Crippen LogP contribution in [-0.2, 0) is 16.0 Å². The summed E-state index contributed by atoms with van der Waals surface area (Å²) in [4.78, 5) is 22.2. The highest BCUT2D eigenvalue weighted by Crippen LogP contribution is 2.45. The van der Waals surface area contributed by atoms with E-state index in [1.54, 1.807) is 0 Å². The fourth-order valence-corrected chi connectivity index (χ4v) is 6.77. The summed E-state index contributed by atoms with van der Waals surface area (Å²) in [5.41, 5.74) is 1.93. The Hall–Kier alpha value is -1.25. The zero-order valence-electron chi connectivity index (χ0n) is 16.7. The van der Waals surface area contributed by atoms with Gasteiger partial charge < -0.3 is 25.1 Å². The van der Waals surface area contributed by atoms with Gasteiger partial charge in [0.15, 0.2) is 8.32 Å². The van der Waals surface area contributed by atoms with Gasteiger partial charge in [0, 0.05) is 17.8 Å². The van der Waals surface area contributed by atoms with Crippen LogP contribution in [0.25, 0.3) is 0 Å². The Bertz CT molecular complexity index is 614. The number of rotatable bonds is 8. The van der Waals surface area contributed by atoms with E-state index in [4.69, 9.17) is 4.74 Å². The molecule has 1 saturated heterocycles. The molecule has 0 aromatic heterocycles. The highest BCUT2D eigenvalue weighted by Gasteiger charge is 2.49. The van der Waals surface area contributed by atoms with Crippen molar-refractivity contribution in [2.24, 2.45) is 5.92 Å². The van der Waals surface area contributed by atoms with Gasteiger partial charge in [0.25, 0.3) is 5.91 Å². The topological polar surface area (TPSA) is 99.0 Å². The van der Waals surface area contributed by atoms with Crippen LogP contribution in [0.1, 0.15) is 32.3 Å². The number of aryl methyl sites for hydroxylation is 1. The summed E-state index contributed by atoms with van der Waals surface area (Å²) in [5, 5.41) is 21.2. The molecule has 7 heteroatoms. The van der Waals surface area contributed by atoms with Crippen molar-refractivity contribution in [1.29, 1.82) is 0 Å². The summed E-state index contributed by atoms with van der Waals surface area (Å²) in [6.45, 7) is 7.55. The second kappa shape index (κ2) is 9.30. The first-order valence-corrected chi connectivity index (χ1v) is 12.7. The highest BCUT2D eigenvalue weighted by atomic mass is 28.4. The lowest BCUT2D eigenvalue weighted by molar-refractivity contribution is -0.123. The fourth-order valence-electron chi connectivity index (χ4n) is 4.12. The summed E-state index contributed by atoms with van der Waals surface area (Å²) in [5.74, 6) is -0.162. The molecule has 1 aromatic carbocycles. The number of carbonyl (C=O) groups excluding carboxylic acids is 1. The maximum absolute atomic E-state index is 11.5. The van der Waals surface area contributed by atoms with Crippen molar-refractivity contribution in [3.8, 4) is 0 Å². The molecule has 0 spiro atoms. The molecular weight excluding hydrogens is 362 g/mol. The molecule has 1 aliphatic rings. The second-order valence-corrected chi connectivity index (χ2v) is 12.1. The molecule has 1 heterocycles. The fraction of sp³-hybridized carbons (Fsp3) is 0.650. The predicted molar refractivity (Wildman–Crippen MR) is 108 cm³/mol. The van der Waals surface area contributed by atoms with Crippen LogP contribution in [0.4, 0.5) is 5.69 Å². The number of anilines is 1. The van der Waals surface area contributed by atoms with Crippen molar-refractivity contribution in [3.05, 3.63) is 29.8 Å². The number of ether oxygens (including phenoxy) is 1. The van der Waals surface area contributed by atoms with Gasteiger partial charge in [0.1, 0.15) is 6.10 Å². The standard InChI is InChI=1S/C20H33NO5Si/c1-13-17(26-18(11-12-22)19(13)27(3,4)25)10-7-15-5-8-16(9-6-15)21-20(24)14(2)23/h5-6,8-9,13-14,17-19,22-23,25H,7,10-12H2,1-4H3,(H,21,24)/t13-,14-,17+,18-,19+/m0/s1. The zero-order chi connectivity index (χ0) is 20.2. The maximum atomic E-state index is 11.5. The minimum absolute atomic E-state index is 0.0695. The lowest BCUT2D eigenvalue weighted by atomic mass is 9.95. The van der Waals surface area contributed by atoms with Crippen LogP contribution in [0.2, 0.25) is 18.6 Å². The molecule has 0 bridgehead atoms. The van der Waals surface area contributed by atoms with Gasteiger partial charge in [-0.1, -0.05) is 19.1 Å². The molecule has 1 amide bonds. The molecule has 1 fully saturated rings. The number of aliphatic hydroxyl groups excluding tert-OH is 2. The Morgan fingerprint density at radius 1 is 1.22 bits per heavy atom. The first-order valence-electron chi connectivity index (χ1n) is 9.70. The van der Waals surface area contributed by atoms with Gasteiger partial charge in [0.2, 0.25) is 0 Å². The third-order valence-electron chi connectivity index (χ3n) is 5.45. The second-order valence-electron chi connectivity index (χ2n) is 8.16. The van der Waals surface area contributed by atoms with Crippen LogP contribution in [0.15, 0.2) is 24.3 Å². The predicted octanol–water partition coefficient (Wildman–Crippen LogP) is 2.29. The van der Waals surface area contributed by atoms with Crippen LogP contribution >= 0.6 is 0 Å². The lowest BCUT2D eigenvalue weighted by Crippen LogP contribution is -2.40. The first-order chi connectivity index (χ1) is 12.6.